The summed E-state index contributed by atoms with van der Waals surface area (Å²) in [4.78, 5) is 16.4. The van der Waals surface area contributed by atoms with Crippen LogP contribution in [0.15, 0.2) is 30.3 Å². The molecule has 1 aromatic heterocycles. The maximum atomic E-state index is 13.6. The highest BCUT2D eigenvalue weighted by atomic mass is 127. The van der Waals surface area contributed by atoms with E-state index in [4.69, 9.17) is 11.6 Å². The zero-order chi connectivity index (χ0) is 23.4. The van der Waals surface area contributed by atoms with E-state index in [9.17, 15) is 22.0 Å². The molecule has 0 aliphatic heterocycles. The number of aromatic nitrogens is 1. The van der Waals surface area contributed by atoms with E-state index in [2.05, 4.69) is 22.1 Å². The van der Waals surface area contributed by atoms with Gasteiger partial charge in [-0.15, -0.1) is 11.6 Å². The summed E-state index contributed by atoms with van der Waals surface area (Å²) in [5.74, 6) is 3.23. The number of alkyl halides is 1. The maximum absolute atomic E-state index is 13.6. The van der Waals surface area contributed by atoms with Crippen LogP contribution in [0.1, 0.15) is 36.8 Å². The van der Waals surface area contributed by atoms with Gasteiger partial charge >= 0.3 is 0 Å². The number of amides is 1. The van der Waals surface area contributed by atoms with Gasteiger partial charge in [-0.1, -0.05) is 5.92 Å². The molecule has 1 aromatic carbocycles. The van der Waals surface area contributed by atoms with E-state index in [1.165, 1.54) is 26.0 Å². The SMILES string of the molecule is CC(C)(C#Cc1ccc(I)c([C@H](Cc2cc(F)cc(F)c2)NC(=O)CCl)n1)S(C)(=O)=O. The topological polar surface area (TPSA) is 76.1 Å². The summed E-state index contributed by atoms with van der Waals surface area (Å²) in [7, 11) is -3.42. The molecule has 2 rings (SSSR count). The summed E-state index contributed by atoms with van der Waals surface area (Å²) in [6, 6.07) is 5.72. The first-order valence-electron chi connectivity index (χ1n) is 9.02. The molecule has 1 N–H and O–H groups in total. The van der Waals surface area contributed by atoms with Crippen molar-refractivity contribution >= 4 is 49.9 Å². The number of hydrogen-bond acceptors (Lipinski definition) is 4. The highest BCUT2D eigenvalue weighted by molar-refractivity contribution is 14.1. The second kappa shape index (κ2) is 10.2. The molecule has 10 heteroatoms. The van der Waals surface area contributed by atoms with Crippen molar-refractivity contribution in [3.05, 3.63) is 62.5 Å². The first-order valence-corrected chi connectivity index (χ1v) is 12.5. The van der Waals surface area contributed by atoms with Gasteiger partial charge in [-0.25, -0.2) is 22.2 Å². The van der Waals surface area contributed by atoms with E-state index in [0.717, 1.165) is 12.3 Å². The zero-order valence-corrected chi connectivity index (χ0v) is 20.7. The van der Waals surface area contributed by atoms with Crippen LogP contribution in [-0.4, -0.2) is 36.2 Å². The fourth-order valence-corrected chi connectivity index (χ4v) is 3.48. The number of carbonyl (C=O) groups excluding carboxylic acids is 1. The summed E-state index contributed by atoms with van der Waals surface area (Å²) in [6.07, 6.45) is 1.16. The Morgan fingerprint density at radius 1 is 1.26 bits per heavy atom. The molecule has 1 heterocycles. The van der Waals surface area contributed by atoms with E-state index in [-0.39, 0.29) is 12.3 Å². The molecule has 0 aliphatic carbocycles. The lowest BCUT2D eigenvalue weighted by Gasteiger charge is -2.20. The molecule has 0 spiro atoms. The van der Waals surface area contributed by atoms with Crippen LogP contribution >= 0.6 is 34.2 Å². The van der Waals surface area contributed by atoms with Gasteiger partial charge in [0.1, 0.15) is 28.0 Å². The van der Waals surface area contributed by atoms with Crippen LogP contribution in [-0.2, 0) is 21.1 Å². The van der Waals surface area contributed by atoms with Crippen LogP contribution in [0.25, 0.3) is 0 Å². The lowest BCUT2D eigenvalue weighted by molar-refractivity contribution is -0.119. The number of rotatable bonds is 6. The highest BCUT2D eigenvalue weighted by Gasteiger charge is 2.27. The smallest absolute Gasteiger partial charge is 0.235 e. The first kappa shape index (κ1) is 25.5. The summed E-state index contributed by atoms with van der Waals surface area (Å²) >= 11 is 7.64. The quantitative estimate of drug-likeness (QED) is 0.321. The third-order valence-electron chi connectivity index (χ3n) is 4.44. The minimum absolute atomic E-state index is 0.0615. The molecule has 5 nitrogen and oxygen atoms in total. The lowest BCUT2D eigenvalue weighted by Crippen LogP contribution is -2.32. The van der Waals surface area contributed by atoms with Gasteiger partial charge in [-0.2, -0.15) is 0 Å². The molecule has 0 radical (unpaired) electrons. The van der Waals surface area contributed by atoms with Crippen LogP contribution in [0.5, 0.6) is 0 Å². The molecule has 1 atom stereocenters. The molecule has 0 saturated heterocycles. The van der Waals surface area contributed by atoms with Crippen molar-refractivity contribution in [1.29, 1.82) is 0 Å². The number of sulfone groups is 1. The number of nitrogens with zero attached hydrogens (tertiary/aromatic N) is 1. The van der Waals surface area contributed by atoms with Crippen molar-refractivity contribution in [2.24, 2.45) is 0 Å². The van der Waals surface area contributed by atoms with E-state index in [1.807, 2.05) is 22.6 Å². The average molecular weight is 581 g/mol. The number of halogens is 4. The minimum Gasteiger partial charge on any atom is -0.346 e. The predicted molar refractivity (Wildman–Crippen MR) is 124 cm³/mol. The Kier molecular flexibility index (Phi) is 8.41. The molecule has 0 bridgehead atoms. The fraction of sp³-hybridized carbons (Fsp3) is 0.333. The molecular weight excluding hydrogens is 561 g/mol. The van der Waals surface area contributed by atoms with Crippen LogP contribution in [0.2, 0.25) is 0 Å². The second-order valence-electron chi connectivity index (χ2n) is 7.33. The van der Waals surface area contributed by atoms with E-state index in [0.29, 0.717) is 20.5 Å². The molecule has 31 heavy (non-hydrogen) atoms. The third kappa shape index (κ3) is 7.12. The molecule has 166 valence electrons. The molecule has 0 unspecified atom stereocenters. The Labute approximate surface area is 199 Å². The lowest BCUT2D eigenvalue weighted by atomic mass is 10.0. The van der Waals surface area contributed by atoms with Crippen molar-refractivity contribution in [3.8, 4) is 11.8 Å². The maximum Gasteiger partial charge on any atom is 0.235 e. The van der Waals surface area contributed by atoms with Gasteiger partial charge in [0, 0.05) is 15.9 Å². The Bertz CT molecular complexity index is 1140. The van der Waals surface area contributed by atoms with Gasteiger partial charge in [0.25, 0.3) is 0 Å². The van der Waals surface area contributed by atoms with Crippen LogP contribution in [0.3, 0.4) is 0 Å². The van der Waals surface area contributed by atoms with Crippen molar-refractivity contribution in [2.45, 2.75) is 31.1 Å². The minimum atomic E-state index is -3.42. The second-order valence-corrected chi connectivity index (χ2v) is 11.3. The van der Waals surface area contributed by atoms with Crippen molar-refractivity contribution in [3.63, 3.8) is 0 Å². The molecule has 0 aliphatic rings. The Morgan fingerprint density at radius 2 is 1.87 bits per heavy atom. The zero-order valence-electron chi connectivity index (χ0n) is 17.0. The Balaban J connectivity index is 2.48. The van der Waals surface area contributed by atoms with E-state index < -0.39 is 38.2 Å². The molecule has 1 amide bonds. The summed E-state index contributed by atoms with van der Waals surface area (Å²) < 4.78 is 50.4. The number of carbonyl (C=O) groups is 1. The Hall–Kier alpha value is -1.77. The summed E-state index contributed by atoms with van der Waals surface area (Å²) in [6.45, 7) is 2.98. The van der Waals surface area contributed by atoms with Gasteiger partial charge in [-0.05, 0) is 78.6 Å². The summed E-state index contributed by atoms with van der Waals surface area (Å²) in [5.41, 5.74) is 1.04. The van der Waals surface area contributed by atoms with Gasteiger partial charge in [0.05, 0.1) is 11.7 Å². The van der Waals surface area contributed by atoms with Crippen molar-refractivity contribution < 1.29 is 22.0 Å². The molecular formula is C21H20ClF2IN2O3S. The summed E-state index contributed by atoms with van der Waals surface area (Å²) in [5, 5.41) is 2.71. The number of hydrogen-bond donors (Lipinski definition) is 1. The molecule has 0 fully saturated rings. The predicted octanol–water partition coefficient (Wildman–Crippen LogP) is 3.78. The average Bonchev–Trinajstić information content (AvgIpc) is 2.65. The van der Waals surface area contributed by atoms with Gasteiger partial charge < -0.3 is 5.32 Å². The first-order chi connectivity index (χ1) is 14.3. The largest absolute Gasteiger partial charge is 0.346 e. The van der Waals surface area contributed by atoms with Gasteiger partial charge in [-0.3, -0.25) is 4.79 Å². The van der Waals surface area contributed by atoms with Crippen molar-refractivity contribution in [2.75, 3.05) is 12.1 Å². The van der Waals surface area contributed by atoms with Crippen LogP contribution in [0, 0.1) is 27.0 Å². The molecule has 0 saturated carbocycles. The van der Waals surface area contributed by atoms with Crippen molar-refractivity contribution in [1.82, 2.24) is 10.3 Å². The Morgan fingerprint density at radius 3 is 2.42 bits per heavy atom. The van der Waals surface area contributed by atoms with E-state index in [1.54, 1.807) is 12.1 Å². The molecule has 2 aromatic rings. The van der Waals surface area contributed by atoms with E-state index >= 15 is 0 Å². The fourth-order valence-electron chi connectivity index (χ4n) is 2.49. The van der Waals surface area contributed by atoms with Crippen LogP contribution in [0.4, 0.5) is 8.78 Å². The monoisotopic (exact) mass is 580 g/mol. The van der Waals surface area contributed by atoms with Gasteiger partial charge in [0.2, 0.25) is 5.91 Å². The van der Waals surface area contributed by atoms with Crippen LogP contribution < -0.4 is 5.32 Å². The van der Waals surface area contributed by atoms with Gasteiger partial charge in [0.15, 0.2) is 9.84 Å². The number of pyridine rings is 1. The number of nitrogens with one attached hydrogen (secondary N) is 1. The standard InChI is InChI=1S/C21H20ClF2IN2O3S/c1-21(2,31(3,29)30)7-6-16-4-5-17(25)20(26-16)18(27-19(28)12-22)10-13-8-14(23)11-15(24)9-13/h4-5,8-9,11,18H,10,12H2,1-3H3,(H,27,28)/t18-/m0/s1. The normalized spacial score (nSPS) is 12.6. The highest BCUT2D eigenvalue weighted by Crippen LogP contribution is 2.24. The number of benzene rings is 1. The third-order valence-corrected chi connectivity index (χ3v) is 7.55.